The van der Waals surface area contributed by atoms with E-state index in [1.54, 1.807) is 40.9 Å². The van der Waals surface area contributed by atoms with Crippen LogP contribution in [0.2, 0.25) is 5.15 Å². The maximum absolute atomic E-state index is 12.9. The Hall–Kier alpha value is -3.56. The number of imidazole rings is 1. The summed E-state index contributed by atoms with van der Waals surface area (Å²) in [6.07, 6.45) is 1.72. The van der Waals surface area contributed by atoms with Gasteiger partial charge in [0, 0.05) is 18.1 Å². The first kappa shape index (κ1) is 19.4. The van der Waals surface area contributed by atoms with Crippen LogP contribution in [0, 0.1) is 0 Å². The maximum Gasteiger partial charge on any atom is 0.275 e. The van der Waals surface area contributed by atoms with E-state index in [2.05, 4.69) is 15.6 Å². The van der Waals surface area contributed by atoms with E-state index in [1.165, 1.54) is 11.3 Å². The number of hydrogen-bond acceptors (Lipinski definition) is 6. The minimum absolute atomic E-state index is 0.106. The normalized spacial score (nSPS) is 12.2. The van der Waals surface area contributed by atoms with Gasteiger partial charge in [-0.05, 0) is 29.8 Å². The quantitative estimate of drug-likeness (QED) is 0.476. The third-order valence-corrected chi connectivity index (χ3v) is 5.76. The summed E-state index contributed by atoms with van der Waals surface area (Å²) >= 11 is 7.52. The summed E-state index contributed by atoms with van der Waals surface area (Å²) < 4.78 is 12.3. The summed E-state index contributed by atoms with van der Waals surface area (Å²) in [5.41, 5.74) is 1.79. The van der Waals surface area contributed by atoms with Crippen LogP contribution in [-0.2, 0) is 6.54 Å². The van der Waals surface area contributed by atoms with Gasteiger partial charge in [0.05, 0.1) is 11.3 Å². The second-order valence-corrected chi connectivity index (χ2v) is 7.91. The fourth-order valence-electron chi connectivity index (χ4n) is 3.26. The van der Waals surface area contributed by atoms with Crippen LogP contribution >= 0.6 is 22.9 Å². The van der Waals surface area contributed by atoms with Gasteiger partial charge in [-0.1, -0.05) is 29.8 Å². The molecule has 0 spiro atoms. The van der Waals surface area contributed by atoms with Gasteiger partial charge in [0.25, 0.3) is 11.8 Å². The molecule has 2 aromatic carbocycles. The first-order valence-corrected chi connectivity index (χ1v) is 10.5. The van der Waals surface area contributed by atoms with Crippen molar-refractivity contribution in [2.45, 2.75) is 6.54 Å². The number of amides is 2. The van der Waals surface area contributed by atoms with Gasteiger partial charge in [0.1, 0.15) is 0 Å². The van der Waals surface area contributed by atoms with Gasteiger partial charge in [-0.3, -0.25) is 14.0 Å². The molecule has 0 saturated heterocycles. The lowest BCUT2D eigenvalue weighted by atomic mass is 10.1. The van der Waals surface area contributed by atoms with Gasteiger partial charge in [0.2, 0.25) is 6.79 Å². The fourth-order valence-corrected chi connectivity index (χ4v) is 4.28. The molecule has 2 aromatic heterocycles. The van der Waals surface area contributed by atoms with Crippen LogP contribution in [0.5, 0.6) is 11.5 Å². The smallest absolute Gasteiger partial charge is 0.275 e. The summed E-state index contributed by atoms with van der Waals surface area (Å²) in [6.45, 7) is 0.485. The molecule has 0 radical (unpaired) electrons. The van der Waals surface area contributed by atoms with Gasteiger partial charge in [-0.25, -0.2) is 4.98 Å². The number of fused-ring (bicyclic) bond motifs is 2. The molecule has 0 fully saturated rings. The molecule has 8 nitrogen and oxygen atoms in total. The average molecular weight is 455 g/mol. The molecule has 0 unspecified atom stereocenters. The molecule has 0 bridgehead atoms. The minimum Gasteiger partial charge on any atom is -0.454 e. The zero-order valence-corrected chi connectivity index (χ0v) is 17.5. The Morgan fingerprint density at radius 2 is 1.97 bits per heavy atom. The molecule has 2 N–H and O–H groups in total. The number of para-hydroxylation sites is 1. The van der Waals surface area contributed by atoms with E-state index < -0.39 is 5.91 Å². The van der Waals surface area contributed by atoms with Crippen molar-refractivity contribution in [3.63, 3.8) is 0 Å². The number of ether oxygens (including phenoxy) is 2. The average Bonchev–Trinajstić information content (AvgIpc) is 3.47. The summed E-state index contributed by atoms with van der Waals surface area (Å²) in [6, 6.07) is 12.3. The first-order valence-electron chi connectivity index (χ1n) is 9.28. The predicted octanol–water partition coefficient (Wildman–Crippen LogP) is 3.96. The number of nitrogens with one attached hydrogen (secondary N) is 2. The second-order valence-electron chi connectivity index (χ2n) is 6.68. The van der Waals surface area contributed by atoms with E-state index in [0.29, 0.717) is 34.3 Å². The van der Waals surface area contributed by atoms with Crippen molar-refractivity contribution < 1.29 is 19.1 Å². The lowest BCUT2D eigenvalue weighted by Gasteiger charge is -2.12. The largest absolute Gasteiger partial charge is 0.454 e. The van der Waals surface area contributed by atoms with Crippen molar-refractivity contribution in [3.8, 4) is 11.5 Å². The predicted molar refractivity (Wildman–Crippen MR) is 116 cm³/mol. The van der Waals surface area contributed by atoms with Crippen LogP contribution in [0.3, 0.4) is 0 Å². The number of carbonyl (C=O) groups is 2. The molecule has 1 aliphatic rings. The van der Waals surface area contributed by atoms with E-state index in [0.717, 1.165) is 5.56 Å². The number of benzene rings is 2. The van der Waals surface area contributed by atoms with E-state index in [4.69, 9.17) is 21.1 Å². The summed E-state index contributed by atoms with van der Waals surface area (Å²) in [4.78, 5) is 30.5. The first-order chi connectivity index (χ1) is 15.1. The molecule has 10 heteroatoms. The zero-order valence-electron chi connectivity index (χ0n) is 15.9. The second kappa shape index (κ2) is 7.93. The molecule has 31 heavy (non-hydrogen) atoms. The molecule has 3 heterocycles. The third kappa shape index (κ3) is 3.69. The van der Waals surface area contributed by atoms with E-state index in [1.807, 2.05) is 17.5 Å². The number of halogens is 1. The molecule has 5 rings (SSSR count). The van der Waals surface area contributed by atoms with Crippen molar-refractivity contribution in [1.82, 2.24) is 14.7 Å². The lowest BCUT2D eigenvalue weighted by molar-refractivity contribution is 0.0951. The van der Waals surface area contributed by atoms with Crippen molar-refractivity contribution in [2.24, 2.45) is 0 Å². The Bertz CT molecular complexity index is 1320. The molecule has 0 saturated carbocycles. The Kier molecular flexibility index (Phi) is 4.97. The number of thiazole rings is 1. The topological polar surface area (TPSA) is 94.0 Å². The summed E-state index contributed by atoms with van der Waals surface area (Å²) in [7, 11) is 0. The van der Waals surface area contributed by atoms with E-state index in [-0.39, 0.29) is 23.5 Å². The van der Waals surface area contributed by atoms with Crippen LogP contribution < -0.4 is 20.1 Å². The standard InChI is InChI=1S/C21H15ClN4O4S/c22-18-17(26-7-8-31-21(26)25-18)20(28)24-14-4-2-1-3-13(14)19(27)23-10-12-5-6-15-16(9-12)30-11-29-15/h1-9H,10-11H2,(H,23,27)(H,24,28). The molecule has 0 aliphatic carbocycles. The highest BCUT2D eigenvalue weighted by Crippen LogP contribution is 2.32. The molecule has 2 amide bonds. The molecule has 0 atom stereocenters. The molecular weight excluding hydrogens is 440 g/mol. The highest BCUT2D eigenvalue weighted by Gasteiger charge is 2.21. The fraction of sp³-hybridized carbons (Fsp3) is 0.0952. The number of rotatable bonds is 5. The van der Waals surface area contributed by atoms with Crippen LogP contribution in [0.1, 0.15) is 26.4 Å². The SMILES string of the molecule is O=C(NCc1ccc2c(c1)OCO2)c1ccccc1NC(=O)c1c(Cl)nc2sccn12. The van der Waals surface area contributed by atoms with Crippen molar-refractivity contribution >= 4 is 45.4 Å². The van der Waals surface area contributed by atoms with Crippen LogP contribution in [0.25, 0.3) is 4.96 Å². The van der Waals surface area contributed by atoms with Crippen LogP contribution in [0.4, 0.5) is 5.69 Å². The van der Waals surface area contributed by atoms with Gasteiger partial charge in [-0.15, -0.1) is 11.3 Å². The maximum atomic E-state index is 12.9. The number of aromatic nitrogens is 2. The Morgan fingerprint density at radius 3 is 2.87 bits per heavy atom. The molecule has 4 aromatic rings. The van der Waals surface area contributed by atoms with Crippen molar-refractivity contribution in [3.05, 3.63) is 76.0 Å². The Morgan fingerprint density at radius 1 is 1.13 bits per heavy atom. The van der Waals surface area contributed by atoms with Gasteiger partial charge >= 0.3 is 0 Å². The van der Waals surface area contributed by atoms with Crippen LogP contribution in [0.15, 0.2) is 54.0 Å². The number of hydrogen-bond donors (Lipinski definition) is 2. The highest BCUT2D eigenvalue weighted by molar-refractivity contribution is 7.15. The zero-order chi connectivity index (χ0) is 21.4. The van der Waals surface area contributed by atoms with Gasteiger partial charge < -0.3 is 20.1 Å². The van der Waals surface area contributed by atoms with Gasteiger partial charge in [-0.2, -0.15) is 0 Å². The number of nitrogens with zero attached hydrogens (tertiary/aromatic N) is 2. The minimum atomic E-state index is -0.452. The molecule has 1 aliphatic heterocycles. The van der Waals surface area contributed by atoms with Crippen molar-refractivity contribution in [1.29, 1.82) is 0 Å². The highest BCUT2D eigenvalue weighted by atomic mass is 35.5. The summed E-state index contributed by atoms with van der Waals surface area (Å²) in [5, 5.41) is 7.55. The monoisotopic (exact) mass is 454 g/mol. The number of anilines is 1. The lowest BCUT2D eigenvalue weighted by Crippen LogP contribution is -2.25. The molecular formula is C21H15ClN4O4S. The summed E-state index contributed by atoms with van der Waals surface area (Å²) in [5.74, 6) is 0.554. The van der Waals surface area contributed by atoms with E-state index >= 15 is 0 Å². The third-order valence-electron chi connectivity index (χ3n) is 4.74. The Balaban J connectivity index is 1.33. The van der Waals surface area contributed by atoms with Crippen molar-refractivity contribution in [2.75, 3.05) is 12.1 Å². The Labute approximate surface area is 185 Å². The number of carbonyl (C=O) groups excluding carboxylic acids is 2. The van der Waals surface area contributed by atoms with Crippen LogP contribution in [-0.4, -0.2) is 28.0 Å². The van der Waals surface area contributed by atoms with Gasteiger partial charge in [0.15, 0.2) is 27.3 Å². The van der Waals surface area contributed by atoms with E-state index in [9.17, 15) is 9.59 Å². The molecule has 156 valence electrons.